The zero-order valence-electron chi connectivity index (χ0n) is 9.64. The van der Waals surface area contributed by atoms with Crippen molar-refractivity contribution in [2.75, 3.05) is 6.54 Å². The molecule has 1 aromatic heterocycles. The number of rotatable bonds is 3. The molecule has 1 unspecified atom stereocenters. The van der Waals surface area contributed by atoms with Crippen molar-refractivity contribution in [1.29, 1.82) is 0 Å². The number of hydrogen-bond acceptors (Lipinski definition) is 3. The lowest BCUT2D eigenvalue weighted by atomic mass is 10.1. The van der Waals surface area contributed by atoms with Crippen molar-refractivity contribution in [1.82, 2.24) is 9.55 Å². The van der Waals surface area contributed by atoms with Crippen LogP contribution in [0.2, 0.25) is 0 Å². The van der Waals surface area contributed by atoms with Crippen LogP contribution >= 0.6 is 0 Å². The van der Waals surface area contributed by atoms with E-state index in [1.54, 1.807) is 0 Å². The number of imidazole rings is 1. The standard InChI is InChI=1S/C12H17N3O/c1-3-12-14-9-6-8(11(16)7-13)4-5-10(9)15(12)2/h4-6,11,16H,3,7,13H2,1-2H3. The molecule has 0 fully saturated rings. The lowest BCUT2D eigenvalue weighted by Crippen LogP contribution is -2.11. The molecule has 16 heavy (non-hydrogen) atoms. The maximum Gasteiger partial charge on any atom is 0.109 e. The summed E-state index contributed by atoms with van der Waals surface area (Å²) in [6.07, 6.45) is 0.302. The molecular weight excluding hydrogens is 202 g/mol. The minimum Gasteiger partial charge on any atom is -0.387 e. The minimum atomic E-state index is -0.600. The smallest absolute Gasteiger partial charge is 0.109 e. The fraction of sp³-hybridized carbons (Fsp3) is 0.417. The van der Waals surface area contributed by atoms with Gasteiger partial charge >= 0.3 is 0 Å². The second-order valence-electron chi connectivity index (χ2n) is 3.94. The molecule has 2 rings (SSSR count). The number of hydrogen-bond donors (Lipinski definition) is 2. The van der Waals surface area contributed by atoms with E-state index in [0.717, 1.165) is 28.8 Å². The molecule has 1 atom stereocenters. The summed E-state index contributed by atoms with van der Waals surface area (Å²) in [5.74, 6) is 1.05. The first-order valence-electron chi connectivity index (χ1n) is 5.50. The molecule has 0 aliphatic carbocycles. The normalized spacial score (nSPS) is 13.2. The van der Waals surface area contributed by atoms with Crippen LogP contribution in [0.3, 0.4) is 0 Å². The van der Waals surface area contributed by atoms with Crippen molar-refractivity contribution in [3.63, 3.8) is 0 Å². The SMILES string of the molecule is CCc1nc2cc(C(O)CN)ccc2n1C. The zero-order valence-corrected chi connectivity index (χ0v) is 9.64. The highest BCUT2D eigenvalue weighted by Crippen LogP contribution is 2.20. The maximum absolute atomic E-state index is 9.66. The van der Waals surface area contributed by atoms with Crippen molar-refractivity contribution in [2.45, 2.75) is 19.4 Å². The van der Waals surface area contributed by atoms with Crippen LogP contribution < -0.4 is 5.73 Å². The number of aliphatic hydroxyl groups is 1. The van der Waals surface area contributed by atoms with Crippen LogP contribution in [-0.2, 0) is 13.5 Å². The van der Waals surface area contributed by atoms with Crippen molar-refractivity contribution >= 4 is 11.0 Å². The largest absolute Gasteiger partial charge is 0.387 e. The molecule has 0 saturated heterocycles. The van der Waals surface area contributed by atoms with Gasteiger partial charge in [-0.1, -0.05) is 13.0 Å². The van der Waals surface area contributed by atoms with Crippen LogP contribution in [0.25, 0.3) is 11.0 Å². The Bertz CT molecular complexity index is 504. The second kappa shape index (κ2) is 4.23. The van der Waals surface area contributed by atoms with E-state index in [4.69, 9.17) is 5.73 Å². The van der Waals surface area contributed by atoms with Gasteiger partial charge in [-0.05, 0) is 17.7 Å². The summed E-state index contributed by atoms with van der Waals surface area (Å²) in [6.45, 7) is 2.32. The van der Waals surface area contributed by atoms with E-state index >= 15 is 0 Å². The van der Waals surface area contributed by atoms with Gasteiger partial charge in [-0.2, -0.15) is 0 Å². The average Bonchev–Trinajstić information content (AvgIpc) is 2.64. The molecule has 2 aromatic rings. The maximum atomic E-state index is 9.66. The summed E-state index contributed by atoms with van der Waals surface area (Å²) in [7, 11) is 2.01. The average molecular weight is 219 g/mol. The molecule has 0 aliphatic rings. The predicted octanol–water partition coefficient (Wildman–Crippen LogP) is 1.13. The molecule has 0 aliphatic heterocycles. The van der Waals surface area contributed by atoms with Crippen molar-refractivity contribution in [3.8, 4) is 0 Å². The first-order chi connectivity index (χ1) is 7.67. The molecule has 1 heterocycles. The first kappa shape index (κ1) is 11.1. The van der Waals surface area contributed by atoms with Gasteiger partial charge in [-0.15, -0.1) is 0 Å². The van der Waals surface area contributed by atoms with Crippen LogP contribution in [-0.4, -0.2) is 21.2 Å². The molecule has 86 valence electrons. The molecule has 0 bridgehead atoms. The van der Waals surface area contributed by atoms with Crippen LogP contribution in [0.15, 0.2) is 18.2 Å². The Labute approximate surface area is 94.7 Å². The number of fused-ring (bicyclic) bond motifs is 1. The third kappa shape index (κ3) is 1.70. The second-order valence-corrected chi connectivity index (χ2v) is 3.94. The van der Waals surface area contributed by atoms with Crippen molar-refractivity contribution < 1.29 is 5.11 Å². The Kier molecular flexibility index (Phi) is 2.94. The molecule has 0 saturated carbocycles. The lowest BCUT2D eigenvalue weighted by Gasteiger charge is -2.07. The van der Waals surface area contributed by atoms with Crippen LogP contribution in [0, 0.1) is 0 Å². The summed E-state index contributed by atoms with van der Waals surface area (Å²) in [5.41, 5.74) is 8.27. The van der Waals surface area contributed by atoms with Gasteiger partial charge in [0.05, 0.1) is 17.1 Å². The number of benzene rings is 1. The summed E-state index contributed by atoms with van der Waals surface area (Å²) in [4.78, 5) is 4.52. The molecule has 4 heteroatoms. The van der Waals surface area contributed by atoms with E-state index < -0.39 is 6.10 Å². The van der Waals surface area contributed by atoms with E-state index in [0.29, 0.717) is 0 Å². The molecule has 0 spiro atoms. The fourth-order valence-corrected chi connectivity index (χ4v) is 1.93. The first-order valence-corrected chi connectivity index (χ1v) is 5.50. The van der Waals surface area contributed by atoms with Gasteiger partial charge in [0.1, 0.15) is 5.82 Å². The van der Waals surface area contributed by atoms with Crippen LogP contribution in [0.4, 0.5) is 0 Å². The van der Waals surface area contributed by atoms with Gasteiger partial charge in [-0.25, -0.2) is 4.98 Å². The van der Waals surface area contributed by atoms with Gasteiger partial charge in [0.2, 0.25) is 0 Å². The molecule has 0 amide bonds. The number of aromatic nitrogens is 2. The Morgan fingerprint density at radius 2 is 2.25 bits per heavy atom. The topological polar surface area (TPSA) is 64.1 Å². The summed E-state index contributed by atoms with van der Waals surface area (Å²) < 4.78 is 2.08. The van der Waals surface area contributed by atoms with E-state index in [2.05, 4.69) is 16.5 Å². The van der Waals surface area contributed by atoms with Gasteiger partial charge in [0, 0.05) is 20.0 Å². The van der Waals surface area contributed by atoms with Crippen LogP contribution in [0.1, 0.15) is 24.4 Å². The molecule has 3 N–H and O–H groups in total. The summed E-state index contributed by atoms with van der Waals surface area (Å²) >= 11 is 0. The summed E-state index contributed by atoms with van der Waals surface area (Å²) in [6, 6.07) is 5.79. The van der Waals surface area contributed by atoms with E-state index in [1.165, 1.54) is 0 Å². The van der Waals surface area contributed by atoms with E-state index in [9.17, 15) is 5.11 Å². The highest BCUT2D eigenvalue weighted by atomic mass is 16.3. The molecular formula is C12H17N3O. The van der Waals surface area contributed by atoms with Crippen LogP contribution in [0.5, 0.6) is 0 Å². The Balaban J connectivity index is 2.54. The zero-order chi connectivity index (χ0) is 11.7. The highest BCUT2D eigenvalue weighted by Gasteiger charge is 2.10. The Morgan fingerprint density at radius 1 is 1.50 bits per heavy atom. The van der Waals surface area contributed by atoms with Gasteiger partial charge in [0.15, 0.2) is 0 Å². The molecule has 0 radical (unpaired) electrons. The number of nitrogens with zero attached hydrogens (tertiary/aromatic N) is 2. The number of nitrogens with two attached hydrogens (primary N) is 1. The lowest BCUT2D eigenvalue weighted by molar-refractivity contribution is 0.187. The molecule has 1 aromatic carbocycles. The number of aryl methyl sites for hydroxylation is 2. The van der Waals surface area contributed by atoms with Gasteiger partial charge in [-0.3, -0.25) is 0 Å². The molecule has 4 nitrogen and oxygen atoms in total. The Morgan fingerprint density at radius 3 is 2.88 bits per heavy atom. The Hall–Kier alpha value is -1.39. The van der Waals surface area contributed by atoms with E-state index in [-0.39, 0.29) is 6.54 Å². The number of aliphatic hydroxyl groups excluding tert-OH is 1. The van der Waals surface area contributed by atoms with Gasteiger partial charge < -0.3 is 15.4 Å². The van der Waals surface area contributed by atoms with Gasteiger partial charge in [0.25, 0.3) is 0 Å². The predicted molar refractivity (Wildman–Crippen MR) is 64.1 cm³/mol. The van der Waals surface area contributed by atoms with Crippen molar-refractivity contribution in [3.05, 3.63) is 29.6 Å². The third-order valence-corrected chi connectivity index (χ3v) is 2.92. The minimum absolute atomic E-state index is 0.235. The fourth-order valence-electron chi connectivity index (χ4n) is 1.93. The third-order valence-electron chi connectivity index (χ3n) is 2.92. The van der Waals surface area contributed by atoms with E-state index in [1.807, 2.05) is 25.2 Å². The monoisotopic (exact) mass is 219 g/mol. The summed E-state index contributed by atoms with van der Waals surface area (Å²) in [5, 5.41) is 9.66. The van der Waals surface area contributed by atoms with Crippen molar-refractivity contribution in [2.24, 2.45) is 12.8 Å². The highest BCUT2D eigenvalue weighted by molar-refractivity contribution is 5.77. The quantitative estimate of drug-likeness (QED) is 0.813.